The molecule has 0 spiro atoms. The summed E-state index contributed by atoms with van der Waals surface area (Å²) < 4.78 is 4.94. The molecule has 0 heterocycles. The van der Waals surface area contributed by atoms with Gasteiger partial charge in [-0.1, -0.05) is 19.8 Å². The smallest absolute Gasteiger partial charge is 0.338 e. The molecule has 0 aliphatic rings. The summed E-state index contributed by atoms with van der Waals surface area (Å²) in [6.45, 7) is 6.59. The lowest BCUT2D eigenvalue weighted by molar-refractivity contribution is 0.0526. The quantitative estimate of drug-likeness (QED) is 0.746. The summed E-state index contributed by atoms with van der Waals surface area (Å²) in [5.41, 5.74) is 1.65. The molecular weight excluding hydrogens is 226 g/mol. The number of ether oxygens (including phenoxy) is 1. The number of nitrogens with one attached hydrogen (secondary N) is 1. The van der Waals surface area contributed by atoms with Crippen LogP contribution in [0.4, 0.5) is 5.69 Å². The number of rotatable bonds is 7. The number of hydrogen-bond acceptors (Lipinski definition) is 3. The molecule has 0 radical (unpaired) electrons. The van der Waals surface area contributed by atoms with E-state index >= 15 is 0 Å². The first kappa shape index (κ1) is 14.6. The van der Waals surface area contributed by atoms with Crippen LogP contribution in [0.25, 0.3) is 0 Å². The van der Waals surface area contributed by atoms with Gasteiger partial charge in [-0.25, -0.2) is 4.79 Å². The van der Waals surface area contributed by atoms with Crippen LogP contribution < -0.4 is 5.32 Å². The zero-order chi connectivity index (χ0) is 13.4. The highest BCUT2D eigenvalue weighted by molar-refractivity contribution is 5.89. The fourth-order valence-electron chi connectivity index (χ4n) is 1.78. The van der Waals surface area contributed by atoms with E-state index in [1.54, 1.807) is 12.1 Å². The number of benzene rings is 1. The van der Waals surface area contributed by atoms with E-state index in [-0.39, 0.29) is 5.97 Å². The lowest BCUT2D eigenvalue weighted by atomic mass is 10.1. The average Bonchev–Trinajstić information content (AvgIpc) is 2.37. The van der Waals surface area contributed by atoms with Crippen molar-refractivity contribution >= 4 is 11.7 Å². The molecule has 1 rings (SSSR count). The van der Waals surface area contributed by atoms with Gasteiger partial charge in [0.15, 0.2) is 0 Å². The van der Waals surface area contributed by atoms with Gasteiger partial charge in [-0.15, -0.1) is 0 Å². The predicted molar refractivity (Wildman–Crippen MR) is 75.0 cm³/mol. The summed E-state index contributed by atoms with van der Waals surface area (Å²) in [7, 11) is 0. The third kappa shape index (κ3) is 4.78. The Bertz CT molecular complexity index is 359. The first-order valence-electron chi connectivity index (χ1n) is 6.71. The van der Waals surface area contributed by atoms with Crippen LogP contribution >= 0.6 is 0 Å². The van der Waals surface area contributed by atoms with E-state index in [1.807, 2.05) is 19.1 Å². The van der Waals surface area contributed by atoms with Crippen molar-refractivity contribution in [2.75, 3.05) is 11.9 Å². The molecule has 0 amide bonds. The number of esters is 1. The molecule has 1 aromatic carbocycles. The normalized spacial score (nSPS) is 11.9. The van der Waals surface area contributed by atoms with E-state index < -0.39 is 0 Å². The van der Waals surface area contributed by atoms with Crippen LogP contribution in [0.3, 0.4) is 0 Å². The molecule has 3 heteroatoms. The van der Waals surface area contributed by atoms with Gasteiger partial charge in [0.1, 0.15) is 0 Å². The predicted octanol–water partition coefficient (Wildman–Crippen LogP) is 3.85. The molecule has 1 atom stereocenters. The van der Waals surface area contributed by atoms with Gasteiger partial charge in [-0.2, -0.15) is 0 Å². The van der Waals surface area contributed by atoms with Gasteiger partial charge >= 0.3 is 5.97 Å². The van der Waals surface area contributed by atoms with Gasteiger partial charge in [0, 0.05) is 11.7 Å². The molecule has 1 aromatic rings. The Labute approximate surface area is 110 Å². The molecule has 18 heavy (non-hydrogen) atoms. The Morgan fingerprint density at radius 3 is 2.50 bits per heavy atom. The van der Waals surface area contributed by atoms with Gasteiger partial charge in [0.05, 0.1) is 12.2 Å². The Morgan fingerprint density at radius 2 is 1.94 bits per heavy atom. The van der Waals surface area contributed by atoms with Crippen molar-refractivity contribution in [3.63, 3.8) is 0 Å². The molecule has 100 valence electrons. The monoisotopic (exact) mass is 249 g/mol. The third-order valence-corrected chi connectivity index (χ3v) is 2.80. The van der Waals surface area contributed by atoms with Crippen LogP contribution in [0, 0.1) is 0 Å². The molecule has 3 nitrogen and oxygen atoms in total. The molecule has 0 saturated heterocycles. The molecular formula is C15H23NO2. The first-order chi connectivity index (χ1) is 8.67. The van der Waals surface area contributed by atoms with E-state index in [1.165, 1.54) is 12.8 Å². The number of hydrogen-bond donors (Lipinski definition) is 1. The van der Waals surface area contributed by atoms with Crippen LogP contribution in [0.1, 0.15) is 50.4 Å². The largest absolute Gasteiger partial charge is 0.462 e. The molecule has 0 aliphatic heterocycles. The molecule has 1 unspecified atom stereocenters. The standard InChI is InChI=1S/C15H23NO2/c1-4-6-7-12(3)16-14-10-8-13(9-11-14)15(17)18-5-2/h8-12,16H,4-7H2,1-3H3. The Balaban J connectivity index is 2.52. The van der Waals surface area contributed by atoms with E-state index in [9.17, 15) is 4.79 Å². The van der Waals surface area contributed by atoms with Crippen molar-refractivity contribution in [1.29, 1.82) is 0 Å². The van der Waals surface area contributed by atoms with Gasteiger partial charge in [0.2, 0.25) is 0 Å². The second-order valence-corrected chi connectivity index (χ2v) is 4.49. The van der Waals surface area contributed by atoms with Gasteiger partial charge in [-0.05, 0) is 44.5 Å². The topological polar surface area (TPSA) is 38.3 Å². The molecule has 0 bridgehead atoms. The van der Waals surface area contributed by atoms with Crippen molar-refractivity contribution in [2.24, 2.45) is 0 Å². The minimum Gasteiger partial charge on any atom is -0.462 e. The summed E-state index contributed by atoms with van der Waals surface area (Å²) in [6.07, 6.45) is 3.61. The summed E-state index contributed by atoms with van der Waals surface area (Å²) in [5.74, 6) is -0.261. The second-order valence-electron chi connectivity index (χ2n) is 4.49. The SMILES string of the molecule is CCCCC(C)Nc1ccc(C(=O)OCC)cc1. The van der Waals surface area contributed by atoms with Crippen LogP contribution in [0.2, 0.25) is 0 Å². The minimum absolute atomic E-state index is 0.261. The van der Waals surface area contributed by atoms with Crippen molar-refractivity contribution in [3.05, 3.63) is 29.8 Å². The Morgan fingerprint density at radius 1 is 1.28 bits per heavy atom. The molecule has 1 N–H and O–H groups in total. The Kier molecular flexibility index (Phi) is 6.26. The fourth-order valence-corrected chi connectivity index (χ4v) is 1.78. The number of anilines is 1. The Hall–Kier alpha value is -1.51. The van der Waals surface area contributed by atoms with Crippen molar-refractivity contribution in [2.45, 2.75) is 46.1 Å². The third-order valence-electron chi connectivity index (χ3n) is 2.80. The van der Waals surface area contributed by atoms with Crippen molar-refractivity contribution in [3.8, 4) is 0 Å². The first-order valence-corrected chi connectivity index (χ1v) is 6.71. The fraction of sp³-hybridized carbons (Fsp3) is 0.533. The summed E-state index contributed by atoms with van der Waals surface area (Å²) >= 11 is 0. The highest BCUT2D eigenvalue weighted by Gasteiger charge is 2.06. The number of carbonyl (C=O) groups excluding carboxylic acids is 1. The van der Waals surface area contributed by atoms with E-state index in [0.29, 0.717) is 18.2 Å². The number of unbranched alkanes of at least 4 members (excludes halogenated alkanes) is 1. The van der Waals surface area contributed by atoms with E-state index in [2.05, 4.69) is 19.2 Å². The number of carbonyl (C=O) groups is 1. The van der Waals surface area contributed by atoms with Crippen LogP contribution in [-0.2, 0) is 4.74 Å². The van der Waals surface area contributed by atoms with Gasteiger partial charge in [-0.3, -0.25) is 0 Å². The molecule has 0 aliphatic carbocycles. The maximum Gasteiger partial charge on any atom is 0.338 e. The minimum atomic E-state index is -0.261. The maximum atomic E-state index is 11.5. The average molecular weight is 249 g/mol. The second kappa shape index (κ2) is 7.75. The molecule has 0 saturated carbocycles. The highest BCUT2D eigenvalue weighted by atomic mass is 16.5. The van der Waals surface area contributed by atoms with E-state index in [4.69, 9.17) is 4.74 Å². The van der Waals surface area contributed by atoms with E-state index in [0.717, 1.165) is 12.1 Å². The lowest BCUT2D eigenvalue weighted by Crippen LogP contribution is -2.14. The summed E-state index contributed by atoms with van der Waals surface area (Å²) in [5, 5.41) is 3.42. The van der Waals surface area contributed by atoms with Gasteiger partial charge < -0.3 is 10.1 Å². The van der Waals surface area contributed by atoms with Gasteiger partial charge in [0.25, 0.3) is 0 Å². The molecule has 0 fully saturated rings. The zero-order valence-electron chi connectivity index (χ0n) is 11.5. The molecule has 0 aromatic heterocycles. The zero-order valence-corrected chi connectivity index (χ0v) is 11.5. The van der Waals surface area contributed by atoms with Crippen LogP contribution in [-0.4, -0.2) is 18.6 Å². The lowest BCUT2D eigenvalue weighted by Gasteiger charge is -2.14. The maximum absolute atomic E-state index is 11.5. The van der Waals surface area contributed by atoms with Crippen LogP contribution in [0.15, 0.2) is 24.3 Å². The van der Waals surface area contributed by atoms with Crippen LogP contribution in [0.5, 0.6) is 0 Å². The highest BCUT2D eigenvalue weighted by Crippen LogP contribution is 2.13. The van der Waals surface area contributed by atoms with Crippen molar-refractivity contribution in [1.82, 2.24) is 0 Å². The summed E-state index contributed by atoms with van der Waals surface area (Å²) in [4.78, 5) is 11.5. The summed E-state index contributed by atoms with van der Waals surface area (Å²) in [6, 6.07) is 7.90. The van der Waals surface area contributed by atoms with Crippen molar-refractivity contribution < 1.29 is 9.53 Å².